The lowest BCUT2D eigenvalue weighted by molar-refractivity contribution is 0.102. The first-order valence-electron chi connectivity index (χ1n) is 6.29. The lowest BCUT2D eigenvalue weighted by Crippen LogP contribution is -2.38. The highest BCUT2D eigenvalue weighted by Gasteiger charge is 2.10. The Kier molecular flexibility index (Phi) is 6.47. The largest absolute Gasteiger partial charge is 0.491 e. The molecule has 0 fully saturated rings. The summed E-state index contributed by atoms with van der Waals surface area (Å²) in [5, 5.41) is 13.7. The topological polar surface area (TPSA) is 41.5 Å². The maximum absolute atomic E-state index is 9.78. The quantitative estimate of drug-likeness (QED) is 0.801. The van der Waals surface area contributed by atoms with Gasteiger partial charge in [0.05, 0.1) is 0 Å². The predicted octanol–water partition coefficient (Wildman–Crippen LogP) is 2.71. The number of benzene rings is 1. The van der Waals surface area contributed by atoms with Crippen molar-refractivity contribution >= 4 is 11.6 Å². The van der Waals surface area contributed by atoms with Crippen LogP contribution in [0.3, 0.4) is 0 Å². The van der Waals surface area contributed by atoms with E-state index in [2.05, 4.69) is 26.1 Å². The van der Waals surface area contributed by atoms with Gasteiger partial charge in [0.2, 0.25) is 0 Å². The van der Waals surface area contributed by atoms with Gasteiger partial charge in [-0.1, -0.05) is 25.4 Å². The maximum atomic E-state index is 9.78. The fraction of sp³-hybridized carbons (Fsp3) is 0.571. The summed E-state index contributed by atoms with van der Waals surface area (Å²) in [5.74, 6) is 1.27. The molecule has 0 heterocycles. The van der Waals surface area contributed by atoms with Crippen molar-refractivity contribution < 1.29 is 9.84 Å². The van der Waals surface area contributed by atoms with Crippen LogP contribution < -0.4 is 10.1 Å². The van der Waals surface area contributed by atoms with Gasteiger partial charge >= 0.3 is 0 Å². The highest BCUT2D eigenvalue weighted by molar-refractivity contribution is 6.30. The molecule has 2 N–H and O–H groups in total. The van der Waals surface area contributed by atoms with E-state index in [1.54, 1.807) is 24.3 Å². The molecule has 0 saturated carbocycles. The standard InChI is InChI=1S/C14H22ClNO2/c1-10(2)11(3)16-8-13(17)9-18-14-6-4-12(15)5-7-14/h4-7,10-11,13,16-17H,8-9H2,1-3H3. The van der Waals surface area contributed by atoms with Crippen LogP contribution in [0.1, 0.15) is 20.8 Å². The van der Waals surface area contributed by atoms with Gasteiger partial charge in [-0.2, -0.15) is 0 Å². The molecule has 2 atom stereocenters. The summed E-state index contributed by atoms with van der Waals surface area (Å²) in [5.41, 5.74) is 0. The first kappa shape index (κ1) is 15.3. The second-order valence-corrected chi connectivity index (χ2v) is 5.30. The fourth-order valence-electron chi connectivity index (χ4n) is 1.34. The molecular formula is C14H22ClNO2. The molecule has 0 aromatic heterocycles. The first-order chi connectivity index (χ1) is 8.49. The molecule has 0 aliphatic rings. The van der Waals surface area contributed by atoms with E-state index in [1.165, 1.54) is 0 Å². The molecule has 0 saturated heterocycles. The zero-order valence-corrected chi connectivity index (χ0v) is 11.9. The van der Waals surface area contributed by atoms with Crippen molar-refractivity contribution in [2.45, 2.75) is 32.9 Å². The molecule has 0 aliphatic carbocycles. The van der Waals surface area contributed by atoms with Crippen LogP contribution in [0.25, 0.3) is 0 Å². The van der Waals surface area contributed by atoms with Crippen molar-refractivity contribution in [2.75, 3.05) is 13.2 Å². The molecule has 0 aliphatic heterocycles. The highest BCUT2D eigenvalue weighted by Crippen LogP contribution is 2.15. The van der Waals surface area contributed by atoms with Gasteiger partial charge in [-0.3, -0.25) is 0 Å². The highest BCUT2D eigenvalue weighted by atomic mass is 35.5. The molecule has 1 aromatic rings. The van der Waals surface area contributed by atoms with Gasteiger partial charge in [0.25, 0.3) is 0 Å². The molecule has 2 unspecified atom stereocenters. The fourth-order valence-corrected chi connectivity index (χ4v) is 1.47. The summed E-state index contributed by atoms with van der Waals surface area (Å²) >= 11 is 5.77. The van der Waals surface area contributed by atoms with Crippen LogP contribution in [0.4, 0.5) is 0 Å². The summed E-state index contributed by atoms with van der Waals surface area (Å²) < 4.78 is 5.47. The van der Waals surface area contributed by atoms with Gasteiger partial charge in [-0.15, -0.1) is 0 Å². The van der Waals surface area contributed by atoms with Gasteiger partial charge < -0.3 is 15.2 Å². The van der Waals surface area contributed by atoms with Crippen molar-refractivity contribution in [3.63, 3.8) is 0 Å². The zero-order chi connectivity index (χ0) is 13.5. The first-order valence-corrected chi connectivity index (χ1v) is 6.66. The summed E-state index contributed by atoms with van der Waals surface area (Å²) in [6.07, 6.45) is -0.512. The molecule has 1 rings (SSSR count). The van der Waals surface area contributed by atoms with Gasteiger partial charge in [0.15, 0.2) is 0 Å². The van der Waals surface area contributed by atoms with E-state index in [-0.39, 0.29) is 6.61 Å². The molecule has 0 radical (unpaired) electrons. The van der Waals surface area contributed by atoms with Crippen LogP contribution in [-0.2, 0) is 0 Å². The van der Waals surface area contributed by atoms with Crippen LogP contribution in [0.2, 0.25) is 5.02 Å². The molecule has 102 valence electrons. The lowest BCUT2D eigenvalue weighted by atomic mass is 10.1. The number of hydrogen-bond acceptors (Lipinski definition) is 3. The van der Waals surface area contributed by atoms with Crippen LogP contribution >= 0.6 is 11.6 Å². The average molecular weight is 272 g/mol. The predicted molar refractivity (Wildman–Crippen MR) is 75.3 cm³/mol. The zero-order valence-electron chi connectivity index (χ0n) is 11.2. The lowest BCUT2D eigenvalue weighted by Gasteiger charge is -2.20. The second-order valence-electron chi connectivity index (χ2n) is 4.86. The van der Waals surface area contributed by atoms with Crippen molar-refractivity contribution in [1.82, 2.24) is 5.32 Å². The number of nitrogens with one attached hydrogen (secondary N) is 1. The van der Waals surface area contributed by atoms with Gasteiger partial charge in [0.1, 0.15) is 18.5 Å². The Bertz CT molecular complexity index is 340. The Morgan fingerprint density at radius 1 is 1.22 bits per heavy atom. The molecule has 1 aromatic carbocycles. The van der Waals surface area contributed by atoms with E-state index in [1.807, 2.05) is 0 Å². The Morgan fingerprint density at radius 3 is 2.39 bits per heavy atom. The number of aliphatic hydroxyl groups is 1. The van der Waals surface area contributed by atoms with Crippen molar-refractivity contribution in [3.8, 4) is 5.75 Å². The van der Waals surface area contributed by atoms with Gasteiger partial charge in [-0.25, -0.2) is 0 Å². The minimum absolute atomic E-state index is 0.277. The third kappa shape index (κ3) is 5.71. The minimum atomic E-state index is -0.512. The Hall–Kier alpha value is -0.770. The Balaban J connectivity index is 2.24. The second kappa shape index (κ2) is 7.62. The van der Waals surface area contributed by atoms with Crippen LogP contribution in [0.15, 0.2) is 24.3 Å². The van der Waals surface area contributed by atoms with Crippen LogP contribution in [-0.4, -0.2) is 30.4 Å². The molecule has 0 spiro atoms. The maximum Gasteiger partial charge on any atom is 0.119 e. The molecule has 3 nitrogen and oxygen atoms in total. The van der Waals surface area contributed by atoms with Crippen molar-refractivity contribution in [3.05, 3.63) is 29.3 Å². The van der Waals surface area contributed by atoms with E-state index >= 15 is 0 Å². The number of rotatable bonds is 7. The minimum Gasteiger partial charge on any atom is -0.491 e. The van der Waals surface area contributed by atoms with Crippen molar-refractivity contribution in [2.24, 2.45) is 5.92 Å². The number of hydrogen-bond donors (Lipinski definition) is 2. The smallest absolute Gasteiger partial charge is 0.119 e. The van der Waals surface area contributed by atoms with Crippen molar-refractivity contribution in [1.29, 1.82) is 0 Å². The van der Waals surface area contributed by atoms with Gasteiger partial charge in [0, 0.05) is 17.6 Å². The van der Waals surface area contributed by atoms with E-state index in [0.717, 1.165) is 5.75 Å². The Labute approximate surface area is 114 Å². The third-order valence-corrected chi connectivity index (χ3v) is 3.18. The van der Waals surface area contributed by atoms with Crippen LogP contribution in [0.5, 0.6) is 5.75 Å². The summed E-state index contributed by atoms with van der Waals surface area (Å²) in [6.45, 7) is 7.21. The summed E-state index contributed by atoms with van der Waals surface area (Å²) in [7, 11) is 0. The molecule has 18 heavy (non-hydrogen) atoms. The van der Waals surface area contributed by atoms with E-state index in [9.17, 15) is 5.11 Å². The number of halogens is 1. The van der Waals surface area contributed by atoms with Crippen LogP contribution in [0, 0.1) is 5.92 Å². The monoisotopic (exact) mass is 271 g/mol. The number of ether oxygens (including phenoxy) is 1. The molecule has 0 amide bonds. The average Bonchev–Trinajstić information content (AvgIpc) is 2.35. The summed E-state index contributed by atoms with van der Waals surface area (Å²) in [4.78, 5) is 0. The normalized spacial score (nSPS) is 14.6. The molecule has 0 bridgehead atoms. The third-order valence-electron chi connectivity index (χ3n) is 2.93. The van der Waals surface area contributed by atoms with Gasteiger partial charge in [-0.05, 0) is 37.1 Å². The molecular weight excluding hydrogens is 250 g/mol. The Morgan fingerprint density at radius 2 is 1.83 bits per heavy atom. The summed E-state index contributed by atoms with van der Waals surface area (Å²) in [6, 6.07) is 7.50. The van der Waals surface area contributed by atoms with E-state index < -0.39 is 6.10 Å². The van der Waals surface area contributed by atoms with E-state index in [4.69, 9.17) is 16.3 Å². The SMILES string of the molecule is CC(C)C(C)NCC(O)COc1ccc(Cl)cc1. The molecule has 4 heteroatoms. The van der Waals surface area contributed by atoms with E-state index in [0.29, 0.717) is 23.5 Å². The number of aliphatic hydroxyl groups excluding tert-OH is 1.